The van der Waals surface area contributed by atoms with E-state index in [-0.39, 0.29) is 12.1 Å². The molecule has 0 spiro atoms. The molecule has 2 heteroatoms. The highest BCUT2D eigenvalue weighted by Crippen LogP contribution is 2.23. The van der Waals surface area contributed by atoms with E-state index < -0.39 is 0 Å². The molecule has 0 saturated carbocycles. The number of allylic oxidation sites excluding steroid dienone is 1. The van der Waals surface area contributed by atoms with E-state index in [2.05, 4.69) is 19.1 Å². The average molecular weight is 210 g/mol. The van der Waals surface area contributed by atoms with Gasteiger partial charge in [-0.3, -0.25) is 4.79 Å². The van der Waals surface area contributed by atoms with Gasteiger partial charge in [-0.25, -0.2) is 0 Å². The second kappa shape index (κ2) is 6.65. The van der Waals surface area contributed by atoms with Crippen molar-refractivity contribution in [3.05, 3.63) is 12.2 Å². The highest BCUT2D eigenvalue weighted by Gasteiger charge is 2.28. The van der Waals surface area contributed by atoms with E-state index in [1.807, 2.05) is 6.92 Å². The van der Waals surface area contributed by atoms with Crippen molar-refractivity contribution in [1.29, 1.82) is 0 Å². The van der Waals surface area contributed by atoms with Crippen molar-refractivity contribution < 1.29 is 9.53 Å². The van der Waals surface area contributed by atoms with Gasteiger partial charge in [0.15, 0.2) is 0 Å². The van der Waals surface area contributed by atoms with Crippen LogP contribution in [0.2, 0.25) is 0 Å². The predicted octanol–water partition coefficient (Wildman–Crippen LogP) is 3.46. The second-order valence-corrected chi connectivity index (χ2v) is 4.34. The molecule has 0 aromatic heterocycles. The van der Waals surface area contributed by atoms with E-state index in [0.29, 0.717) is 12.3 Å². The van der Waals surface area contributed by atoms with Crippen LogP contribution in [0.3, 0.4) is 0 Å². The third-order valence-corrected chi connectivity index (χ3v) is 2.93. The zero-order valence-corrected chi connectivity index (χ0v) is 9.87. The van der Waals surface area contributed by atoms with Gasteiger partial charge < -0.3 is 4.74 Å². The van der Waals surface area contributed by atoms with Crippen LogP contribution in [0.5, 0.6) is 0 Å². The van der Waals surface area contributed by atoms with Gasteiger partial charge in [-0.1, -0.05) is 38.3 Å². The molecule has 86 valence electrons. The van der Waals surface area contributed by atoms with Gasteiger partial charge in [0.05, 0.1) is 6.42 Å². The van der Waals surface area contributed by atoms with Crippen LogP contribution in [0.15, 0.2) is 12.2 Å². The fraction of sp³-hybridized carbons (Fsp3) is 0.769. The fourth-order valence-corrected chi connectivity index (χ4v) is 1.89. The summed E-state index contributed by atoms with van der Waals surface area (Å²) in [7, 11) is 0. The van der Waals surface area contributed by atoms with Crippen LogP contribution in [0, 0.1) is 5.92 Å². The first kappa shape index (κ1) is 12.3. The topological polar surface area (TPSA) is 26.3 Å². The van der Waals surface area contributed by atoms with E-state index in [1.165, 1.54) is 25.7 Å². The third-order valence-electron chi connectivity index (χ3n) is 2.93. The molecule has 2 unspecified atom stereocenters. The lowest BCUT2D eigenvalue weighted by atomic mass is 10.0. The quantitative estimate of drug-likeness (QED) is 0.381. The Morgan fingerprint density at radius 2 is 2.20 bits per heavy atom. The van der Waals surface area contributed by atoms with Crippen LogP contribution in [0.4, 0.5) is 0 Å². The van der Waals surface area contributed by atoms with Crippen molar-refractivity contribution in [3.8, 4) is 0 Å². The Morgan fingerprint density at radius 3 is 2.80 bits per heavy atom. The van der Waals surface area contributed by atoms with Crippen molar-refractivity contribution in [2.45, 2.75) is 58.5 Å². The number of unbranched alkanes of at least 4 members (excludes halogenated alkanes) is 4. The van der Waals surface area contributed by atoms with Crippen molar-refractivity contribution >= 4 is 5.97 Å². The summed E-state index contributed by atoms with van der Waals surface area (Å²) in [6.07, 6.45) is 11.3. The summed E-state index contributed by atoms with van der Waals surface area (Å²) in [5, 5.41) is 0. The largest absolute Gasteiger partial charge is 0.462 e. The summed E-state index contributed by atoms with van der Waals surface area (Å²) in [6, 6.07) is 0. The molecule has 0 bridgehead atoms. The normalized spacial score (nSPS) is 26.1. The molecule has 2 atom stereocenters. The molecule has 1 aliphatic heterocycles. The molecule has 1 rings (SSSR count). The van der Waals surface area contributed by atoms with Gasteiger partial charge in [0, 0.05) is 5.92 Å². The van der Waals surface area contributed by atoms with Gasteiger partial charge in [-0.05, 0) is 19.8 Å². The SMILES string of the molecule is CCCCCC/C=C\C1CC(=O)OC1C. The van der Waals surface area contributed by atoms with Gasteiger partial charge >= 0.3 is 5.97 Å². The maximum atomic E-state index is 11.0. The molecular formula is C13H22O2. The predicted molar refractivity (Wildman–Crippen MR) is 61.6 cm³/mol. The molecule has 0 N–H and O–H groups in total. The van der Waals surface area contributed by atoms with Crippen molar-refractivity contribution in [2.75, 3.05) is 0 Å². The van der Waals surface area contributed by atoms with Gasteiger partial charge in [0.2, 0.25) is 0 Å². The Bertz CT molecular complexity index is 221. The number of rotatable bonds is 6. The van der Waals surface area contributed by atoms with Gasteiger partial charge in [0.1, 0.15) is 6.10 Å². The summed E-state index contributed by atoms with van der Waals surface area (Å²) in [5.41, 5.74) is 0. The van der Waals surface area contributed by atoms with E-state index in [0.717, 1.165) is 6.42 Å². The standard InChI is InChI=1S/C13H22O2/c1-3-4-5-6-7-8-9-12-10-13(14)15-11(12)2/h8-9,11-12H,3-7,10H2,1-2H3/b9-8-. The molecule has 2 nitrogen and oxygen atoms in total. The minimum absolute atomic E-state index is 0.0527. The Balaban J connectivity index is 2.12. The fourth-order valence-electron chi connectivity index (χ4n) is 1.89. The number of hydrogen-bond donors (Lipinski definition) is 0. The molecule has 1 heterocycles. The Morgan fingerprint density at radius 1 is 1.40 bits per heavy atom. The molecule has 15 heavy (non-hydrogen) atoms. The van der Waals surface area contributed by atoms with Crippen LogP contribution < -0.4 is 0 Å². The summed E-state index contributed by atoms with van der Waals surface area (Å²) in [6.45, 7) is 4.19. The molecular weight excluding hydrogens is 188 g/mol. The number of esters is 1. The Labute approximate surface area is 92.7 Å². The number of cyclic esters (lactones) is 1. The Kier molecular flexibility index (Phi) is 5.44. The maximum absolute atomic E-state index is 11.0. The summed E-state index contributed by atoms with van der Waals surface area (Å²) in [5.74, 6) is 0.256. The minimum atomic E-state index is -0.0527. The number of ether oxygens (including phenoxy) is 1. The molecule has 0 radical (unpaired) electrons. The summed E-state index contributed by atoms with van der Waals surface area (Å²) >= 11 is 0. The first-order valence-corrected chi connectivity index (χ1v) is 6.10. The molecule has 1 saturated heterocycles. The third kappa shape index (κ3) is 4.50. The summed E-state index contributed by atoms with van der Waals surface area (Å²) < 4.78 is 5.08. The molecule has 0 aromatic carbocycles. The lowest BCUT2D eigenvalue weighted by Gasteiger charge is -2.06. The zero-order chi connectivity index (χ0) is 11.1. The van der Waals surface area contributed by atoms with E-state index in [1.54, 1.807) is 0 Å². The minimum Gasteiger partial charge on any atom is -0.462 e. The highest BCUT2D eigenvalue weighted by atomic mass is 16.5. The Hall–Kier alpha value is -0.790. The van der Waals surface area contributed by atoms with E-state index >= 15 is 0 Å². The van der Waals surface area contributed by atoms with E-state index in [4.69, 9.17) is 4.74 Å². The zero-order valence-electron chi connectivity index (χ0n) is 9.87. The lowest BCUT2D eigenvalue weighted by Crippen LogP contribution is -2.08. The van der Waals surface area contributed by atoms with Crippen LogP contribution in [0.25, 0.3) is 0 Å². The van der Waals surface area contributed by atoms with E-state index in [9.17, 15) is 4.79 Å². The molecule has 0 aromatic rings. The van der Waals surface area contributed by atoms with Crippen molar-refractivity contribution in [3.63, 3.8) is 0 Å². The molecule has 0 aliphatic carbocycles. The van der Waals surface area contributed by atoms with Gasteiger partial charge in [0.25, 0.3) is 0 Å². The second-order valence-electron chi connectivity index (χ2n) is 4.34. The van der Waals surface area contributed by atoms with Crippen LogP contribution in [0.1, 0.15) is 52.4 Å². The number of carbonyl (C=O) groups excluding carboxylic acids is 1. The van der Waals surface area contributed by atoms with Crippen molar-refractivity contribution in [2.24, 2.45) is 5.92 Å². The molecule has 0 amide bonds. The first-order valence-electron chi connectivity index (χ1n) is 6.10. The lowest BCUT2D eigenvalue weighted by molar-refractivity contribution is -0.140. The van der Waals surface area contributed by atoms with Gasteiger partial charge in [-0.2, -0.15) is 0 Å². The average Bonchev–Trinajstić information content (AvgIpc) is 2.51. The molecule has 1 aliphatic rings. The highest BCUT2D eigenvalue weighted by molar-refractivity contribution is 5.72. The number of carbonyl (C=O) groups is 1. The van der Waals surface area contributed by atoms with Crippen molar-refractivity contribution in [1.82, 2.24) is 0 Å². The van der Waals surface area contributed by atoms with Crippen LogP contribution in [-0.2, 0) is 9.53 Å². The van der Waals surface area contributed by atoms with Crippen LogP contribution in [-0.4, -0.2) is 12.1 Å². The first-order chi connectivity index (χ1) is 7.24. The van der Waals surface area contributed by atoms with Gasteiger partial charge in [-0.15, -0.1) is 0 Å². The maximum Gasteiger partial charge on any atom is 0.306 e. The summed E-state index contributed by atoms with van der Waals surface area (Å²) in [4.78, 5) is 11.0. The molecule has 1 fully saturated rings. The number of hydrogen-bond acceptors (Lipinski definition) is 2. The smallest absolute Gasteiger partial charge is 0.306 e. The monoisotopic (exact) mass is 210 g/mol. The van der Waals surface area contributed by atoms with Crippen LogP contribution >= 0.6 is 0 Å².